The molecular formula is C35H41N3O2S. The lowest BCUT2D eigenvalue weighted by Gasteiger charge is -2.38. The van der Waals surface area contributed by atoms with Gasteiger partial charge < -0.3 is 10.1 Å². The Balaban J connectivity index is 1.27. The van der Waals surface area contributed by atoms with Crippen LogP contribution >= 0.6 is 11.3 Å². The van der Waals surface area contributed by atoms with E-state index in [2.05, 4.69) is 54.7 Å². The number of carbonyl (C=O) groups is 1. The van der Waals surface area contributed by atoms with Crippen LogP contribution in [0.1, 0.15) is 104 Å². The Kier molecular flexibility index (Phi) is 8.44. The number of methoxy groups -OCH3 is 1. The van der Waals surface area contributed by atoms with Crippen LogP contribution < -0.4 is 10.1 Å². The Hall–Kier alpha value is -3.17. The van der Waals surface area contributed by atoms with Crippen LogP contribution in [0.25, 0.3) is 10.4 Å². The number of hydrogen-bond donors (Lipinski definition) is 1. The van der Waals surface area contributed by atoms with E-state index in [1.54, 1.807) is 18.4 Å². The third-order valence-corrected chi connectivity index (χ3v) is 10.8. The minimum Gasteiger partial charge on any atom is -0.496 e. The van der Waals surface area contributed by atoms with E-state index in [-0.39, 0.29) is 35.6 Å². The van der Waals surface area contributed by atoms with E-state index < -0.39 is 0 Å². The fourth-order valence-corrected chi connectivity index (χ4v) is 8.20. The topological polar surface area (TPSA) is 75.0 Å². The lowest BCUT2D eigenvalue weighted by Crippen LogP contribution is -2.40. The number of nitriles is 1. The first kappa shape index (κ1) is 28.0. The van der Waals surface area contributed by atoms with Gasteiger partial charge in [0.2, 0.25) is 5.91 Å². The zero-order valence-electron chi connectivity index (χ0n) is 24.3. The molecule has 3 aromatic rings. The number of aryl methyl sites for hydroxylation is 1. The fraction of sp³-hybridized carbons (Fsp3) is 0.514. The van der Waals surface area contributed by atoms with Gasteiger partial charge in [-0.3, -0.25) is 4.79 Å². The highest BCUT2D eigenvalue weighted by Gasteiger charge is 2.37. The average Bonchev–Trinajstić information content (AvgIpc) is 3.75. The van der Waals surface area contributed by atoms with Crippen molar-refractivity contribution < 1.29 is 9.53 Å². The Morgan fingerprint density at radius 1 is 1.07 bits per heavy atom. The second-order valence-electron chi connectivity index (χ2n) is 12.4. The van der Waals surface area contributed by atoms with Crippen LogP contribution in [-0.2, 0) is 4.79 Å². The second kappa shape index (κ2) is 12.4. The van der Waals surface area contributed by atoms with Gasteiger partial charge in [-0.05, 0) is 98.1 Å². The van der Waals surface area contributed by atoms with Gasteiger partial charge in [0.25, 0.3) is 0 Å². The number of carbonyl (C=O) groups excluding carboxylic acids is 1. The zero-order valence-corrected chi connectivity index (χ0v) is 25.1. The maximum Gasteiger partial charge on any atom is 0.223 e. The third-order valence-electron chi connectivity index (χ3n) is 9.63. The number of aromatic nitrogens is 1. The van der Waals surface area contributed by atoms with Crippen LogP contribution in [-0.4, -0.2) is 18.0 Å². The van der Waals surface area contributed by atoms with Crippen molar-refractivity contribution in [3.05, 3.63) is 70.4 Å². The van der Waals surface area contributed by atoms with Crippen molar-refractivity contribution in [1.29, 1.82) is 5.26 Å². The summed E-state index contributed by atoms with van der Waals surface area (Å²) in [5, 5.41) is 15.1. The number of ether oxygens (including phenoxy) is 1. The second-order valence-corrected chi connectivity index (χ2v) is 13.5. The quantitative estimate of drug-likeness (QED) is 0.296. The summed E-state index contributed by atoms with van der Waals surface area (Å²) in [6, 6.07) is 17.6. The molecule has 0 bridgehead atoms. The highest BCUT2D eigenvalue weighted by atomic mass is 32.1. The highest BCUT2D eigenvalue weighted by Crippen LogP contribution is 2.47. The van der Waals surface area contributed by atoms with E-state index in [1.807, 2.05) is 12.3 Å². The zero-order chi connectivity index (χ0) is 28.3. The summed E-state index contributed by atoms with van der Waals surface area (Å²) in [5.74, 6) is 2.12. The lowest BCUT2D eigenvalue weighted by atomic mass is 9.68. The molecule has 1 N–H and O–H groups in total. The predicted molar refractivity (Wildman–Crippen MR) is 164 cm³/mol. The number of benzene rings is 2. The molecule has 0 spiro atoms. The van der Waals surface area contributed by atoms with Crippen LogP contribution in [0.4, 0.5) is 0 Å². The molecule has 1 aromatic heterocycles. The fourth-order valence-electron chi connectivity index (χ4n) is 7.11. The first-order valence-electron chi connectivity index (χ1n) is 15.4. The van der Waals surface area contributed by atoms with Gasteiger partial charge in [-0.2, -0.15) is 5.26 Å². The van der Waals surface area contributed by atoms with Crippen molar-refractivity contribution in [2.75, 3.05) is 7.11 Å². The molecule has 2 aromatic carbocycles. The van der Waals surface area contributed by atoms with Crippen LogP contribution in [0.15, 0.2) is 48.7 Å². The van der Waals surface area contributed by atoms with E-state index in [0.717, 1.165) is 61.8 Å². The molecule has 1 amide bonds. The SMILES string of the molecule is COc1ccc(C2CCC(C(NC(=O)C3CCCCC3)c3cccc(-c4cnc(C5CC5)s4)c3)CC2C#N)cc1C. The van der Waals surface area contributed by atoms with E-state index in [1.165, 1.54) is 40.3 Å². The lowest BCUT2D eigenvalue weighted by molar-refractivity contribution is -0.127. The maximum absolute atomic E-state index is 13.6. The first-order chi connectivity index (χ1) is 20.0. The van der Waals surface area contributed by atoms with Gasteiger partial charge in [0.1, 0.15) is 5.75 Å². The molecule has 0 radical (unpaired) electrons. The summed E-state index contributed by atoms with van der Waals surface area (Å²) in [6.07, 6.45) is 12.7. The number of rotatable bonds is 8. The molecule has 214 valence electrons. The van der Waals surface area contributed by atoms with Crippen LogP contribution in [0.3, 0.4) is 0 Å². The van der Waals surface area contributed by atoms with Gasteiger partial charge in [0.15, 0.2) is 0 Å². The van der Waals surface area contributed by atoms with Gasteiger partial charge >= 0.3 is 0 Å². The number of amides is 1. The summed E-state index contributed by atoms with van der Waals surface area (Å²) in [5.41, 5.74) is 4.64. The summed E-state index contributed by atoms with van der Waals surface area (Å²) in [4.78, 5) is 19.5. The molecule has 3 aliphatic carbocycles. The Bertz CT molecular complexity index is 1410. The molecule has 3 fully saturated rings. The molecular weight excluding hydrogens is 526 g/mol. The van der Waals surface area contributed by atoms with Gasteiger partial charge in [-0.15, -0.1) is 11.3 Å². The largest absolute Gasteiger partial charge is 0.496 e. The van der Waals surface area contributed by atoms with Crippen LogP contribution in [0, 0.1) is 36.0 Å². The Morgan fingerprint density at radius 3 is 2.63 bits per heavy atom. The summed E-state index contributed by atoms with van der Waals surface area (Å²) >= 11 is 1.80. The smallest absolute Gasteiger partial charge is 0.223 e. The minimum absolute atomic E-state index is 0.0959. The van der Waals surface area contributed by atoms with E-state index in [4.69, 9.17) is 9.72 Å². The van der Waals surface area contributed by atoms with Gasteiger partial charge in [-0.25, -0.2) is 4.98 Å². The molecule has 6 rings (SSSR count). The van der Waals surface area contributed by atoms with E-state index in [0.29, 0.717) is 5.92 Å². The standard InChI is InChI=1S/C35H41N3O2S/c1-22-17-25(14-16-31(22)40-2)30-15-13-28(19-29(30)20-36)33(38-34(39)23-7-4-3-5-8-23)27-10-6-9-26(18-27)32-21-37-35(41-32)24-11-12-24/h6,9-10,14,16-18,21,23-24,28-30,33H,3-5,7-8,11-13,15,19H2,1-2H3,(H,38,39). The van der Waals surface area contributed by atoms with Crippen molar-refractivity contribution in [2.45, 2.75) is 89.0 Å². The van der Waals surface area contributed by atoms with Crippen LogP contribution in [0.2, 0.25) is 0 Å². The summed E-state index contributed by atoms with van der Waals surface area (Å²) in [7, 11) is 1.70. The molecule has 41 heavy (non-hydrogen) atoms. The predicted octanol–water partition coefficient (Wildman–Crippen LogP) is 8.47. The molecule has 1 heterocycles. The number of nitrogens with one attached hydrogen (secondary N) is 1. The molecule has 6 heteroatoms. The number of thiazole rings is 1. The minimum atomic E-state index is -0.102. The van der Waals surface area contributed by atoms with Crippen LogP contribution in [0.5, 0.6) is 5.75 Å². The Morgan fingerprint density at radius 2 is 1.90 bits per heavy atom. The molecule has 5 nitrogen and oxygen atoms in total. The Labute approximate surface area is 248 Å². The van der Waals surface area contributed by atoms with Gasteiger partial charge in [0, 0.05) is 18.0 Å². The third kappa shape index (κ3) is 6.21. The number of hydrogen-bond acceptors (Lipinski definition) is 5. The van der Waals surface area contributed by atoms with Crippen molar-refractivity contribution in [3.63, 3.8) is 0 Å². The summed E-state index contributed by atoms with van der Waals surface area (Å²) < 4.78 is 5.47. The highest BCUT2D eigenvalue weighted by molar-refractivity contribution is 7.15. The van der Waals surface area contributed by atoms with Crippen molar-refractivity contribution in [1.82, 2.24) is 10.3 Å². The van der Waals surface area contributed by atoms with Gasteiger partial charge in [0.05, 0.1) is 35.0 Å². The van der Waals surface area contributed by atoms with Crippen molar-refractivity contribution in [3.8, 4) is 22.3 Å². The average molecular weight is 568 g/mol. The molecule has 3 aliphatic rings. The van der Waals surface area contributed by atoms with E-state index in [9.17, 15) is 10.1 Å². The maximum atomic E-state index is 13.6. The van der Waals surface area contributed by atoms with E-state index >= 15 is 0 Å². The molecule has 3 saturated carbocycles. The summed E-state index contributed by atoms with van der Waals surface area (Å²) in [6.45, 7) is 2.07. The monoisotopic (exact) mass is 567 g/mol. The molecule has 4 atom stereocenters. The van der Waals surface area contributed by atoms with Crippen molar-refractivity contribution in [2.24, 2.45) is 17.8 Å². The first-order valence-corrected chi connectivity index (χ1v) is 16.3. The molecule has 0 aliphatic heterocycles. The normalized spacial score (nSPS) is 23.9. The number of nitrogens with zero attached hydrogens (tertiary/aromatic N) is 2. The molecule has 0 saturated heterocycles. The van der Waals surface area contributed by atoms with Crippen molar-refractivity contribution >= 4 is 17.2 Å². The molecule has 4 unspecified atom stereocenters. The van der Waals surface area contributed by atoms with Gasteiger partial charge in [-0.1, -0.05) is 49.6 Å².